The quantitative estimate of drug-likeness (QED) is 0.682. The number of nitriles is 1. The molecule has 0 aromatic heterocycles. The van der Waals surface area contributed by atoms with Crippen molar-refractivity contribution in [3.63, 3.8) is 0 Å². The zero-order chi connectivity index (χ0) is 14.5. The Morgan fingerprint density at radius 3 is 2.75 bits per heavy atom. The molecule has 2 aromatic rings. The van der Waals surface area contributed by atoms with Gasteiger partial charge in [-0.2, -0.15) is 5.26 Å². The van der Waals surface area contributed by atoms with E-state index in [-0.39, 0.29) is 0 Å². The number of hydrogen-bond donors (Lipinski definition) is 1. The second kappa shape index (κ2) is 6.56. The minimum Gasteiger partial charge on any atom is -0.496 e. The fraction of sp³-hybridized carbons (Fsp3) is 0.133. The highest BCUT2D eigenvalue weighted by Crippen LogP contribution is 2.33. The largest absolute Gasteiger partial charge is 0.496 e. The van der Waals surface area contributed by atoms with Crippen LogP contribution in [0.15, 0.2) is 41.3 Å². The average Bonchev–Trinajstić information content (AvgIpc) is 2.46. The Morgan fingerprint density at radius 1 is 1.30 bits per heavy atom. The summed E-state index contributed by atoms with van der Waals surface area (Å²) in [5.74, 6) is 1.44. The topological polar surface area (TPSA) is 59.0 Å². The first-order chi connectivity index (χ1) is 9.63. The lowest BCUT2D eigenvalue weighted by atomic mass is 10.1. The van der Waals surface area contributed by atoms with E-state index in [1.165, 1.54) is 0 Å². The molecule has 0 heterocycles. The van der Waals surface area contributed by atoms with Crippen molar-refractivity contribution in [1.82, 2.24) is 0 Å². The van der Waals surface area contributed by atoms with Gasteiger partial charge in [0, 0.05) is 26.9 Å². The first-order valence-corrected chi connectivity index (χ1v) is 7.25. The number of anilines is 1. The molecule has 0 saturated heterocycles. The number of ether oxygens (including phenoxy) is 1. The maximum atomic E-state index is 8.95. The number of nitrogens with zero attached hydrogens (tertiary/aromatic N) is 1. The van der Waals surface area contributed by atoms with Gasteiger partial charge in [-0.3, -0.25) is 0 Å². The van der Waals surface area contributed by atoms with E-state index in [4.69, 9.17) is 27.3 Å². The van der Waals surface area contributed by atoms with E-state index in [9.17, 15) is 0 Å². The maximum absolute atomic E-state index is 8.95. The third-order valence-corrected chi connectivity index (χ3v) is 4.14. The van der Waals surface area contributed by atoms with Crippen molar-refractivity contribution in [3.05, 3.63) is 52.5 Å². The van der Waals surface area contributed by atoms with Gasteiger partial charge in [0.15, 0.2) is 0 Å². The Balaban J connectivity index is 2.20. The summed E-state index contributed by atoms with van der Waals surface area (Å²) in [6.07, 6.45) is 0. The van der Waals surface area contributed by atoms with Crippen LogP contribution in [0.25, 0.3) is 0 Å². The molecule has 0 bridgehead atoms. The van der Waals surface area contributed by atoms with Crippen LogP contribution in [0.4, 0.5) is 5.69 Å². The predicted molar refractivity (Wildman–Crippen MR) is 83.1 cm³/mol. The molecule has 0 fully saturated rings. The molecule has 0 spiro atoms. The third-order valence-electron chi connectivity index (χ3n) is 2.76. The summed E-state index contributed by atoms with van der Waals surface area (Å²) in [5, 5.41) is 9.57. The smallest absolute Gasteiger partial charge is 0.122 e. The molecular formula is C15H13ClN2OS. The fourth-order valence-electron chi connectivity index (χ4n) is 1.77. The highest BCUT2D eigenvalue weighted by molar-refractivity contribution is 7.98. The van der Waals surface area contributed by atoms with Crippen LogP contribution < -0.4 is 10.5 Å². The number of nitrogens with two attached hydrogens (primary N) is 1. The van der Waals surface area contributed by atoms with Gasteiger partial charge in [0.25, 0.3) is 0 Å². The van der Waals surface area contributed by atoms with E-state index in [2.05, 4.69) is 6.07 Å². The number of methoxy groups -OCH3 is 1. The number of benzene rings is 2. The van der Waals surface area contributed by atoms with Crippen molar-refractivity contribution in [3.8, 4) is 11.8 Å². The summed E-state index contributed by atoms with van der Waals surface area (Å²) in [6, 6.07) is 12.9. The van der Waals surface area contributed by atoms with E-state index in [0.29, 0.717) is 22.0 Å². The molecular weight excluding hydrogens is 292 g/mol. The predicted octanol–water partition coefficient (Wildman–Crippen LogP) is 4.09. The van der Waals surface area contributed by atoms with Crippen molar-refractivity contribution in [1.29, 1.82) is 5.26 Å². The molecule has 0 aliphatic carbocycles. The molecule has 2 rings (SSSR count). The molecule has 3 nitrogen and oxygen atoms in total. The maximum Gasteiger partial charge on any atom is 0.122 e. The van der Waals surface area contributed by atoms with Gasteiger partial charge >= 0.3 is 0 Å². The molecule has 2 N–H and O–H groups in total. The van der Waals surface area contributed by atoms with Crippen LogP contribution in [-0.2, 0) is 5.75 Å². The Hall–Kier alpha value is -1.83. The molecule has 5 heteroatoms. The first kappa shape index (κ1) is 14.6. The number of halogens is 1. The van der Waals surface area contributed by atoms with Gasteiger partial charge in [-0.1, -0.05) is 11.6 Å². The van der Waals surface area contributed by atoms with Crippen LogP contribution in [0.5, 0.6) is 5.75 Å². The summed E-state index contributed by atoms with van der Waals surface area (Å²) in [7, 11) is 1.62. The van der Waals surface area contributed by atoms with E-state index < -0.39 is 0 Å². The van der Waals surface area contributed by atoms with Crippen molar-refractivity contribution in [2.75, 3.05) is 12.8 Å². The monoisotopic (exact) mass is 304 g/mol. The van der Waals surface area contributed by atoms with Gasteiger partial charge in [-0.15, -0.1) is 11.8 Å². The van der Waals surface area contributed by atoms with Gasteiger partial charge < -0.3 is 10.5 Å². The fourth-order valence-corrected chi connectivity index (χ4v) is 2.87. The third kappa shape index (κ3) is 3.38. The second-order valence-electron chi connectivity index (χ2n) is 4.11. The van der Waals surface area contributed by atoms with Crippen LogP contribution in [0, 0.1) is 11.3 Å². The van der Waals surface area contributed by atoms with Gasteiger partial charge in [0.2, 0.25) is 0 Å². The van der Waals surface area contributed by atoms with Gasteiger partial charge in [-0.25, -0.2) is 0 Å². The summed E-state index contributed by atoms with van der Waals surface area (Å²) >= 11 is 7.46. The van der Waals surface area contributed by atoms with Crippen molar-refractivity contribution < 1.29 is 4.74 Å². The van der Waals surface area contributed by atoms with E-state index in [0.717, 1.165) is 16.2 Å². The normalized spacial score (nSPS) is 10.1. The zero-order valence-electron chi connectivity index (χ0n) is 10.9. The standard InChI is InChI=1S/C15H13ClN2OS/c1-19-14-4-2-10(8-17)6-11(14)9-20-15-5-3-12(16)7-13(15)18/h2-7H,9,18H2,1H3. The molecule has 0 radical (unpaired) electrons. The Labute approximate surface area is 127 Å². The first-order valence-electron chi connectivity index (χ1n) is 5.89. The number of rotatable bonds is 4. The van der Waals surface area contributed by atoms with E-state index in [1.807, 2.05) is 18.2 Å². The lowest BCUT2D eigenvalue weighted by Gasteiger charge is -2.10. The van der Waals surface area contributed by atoms with Crippen LogP contribution in [-0.4, -0.2) is 7.11 Å². The zero-order valence-corrected chi connectivity index (χ0v) is 12.5. The average molecular weight is 305 g/mol. The second-order valence-corrected chi connectivity index (χ2v) is 5.56. The summed E-state index contributed by atoms with van der Waals surface area (Å²) < 4.78 is 5.31. The van der Waals surface area contributed by atoms with Crippen LogP contribution >= 0.6 is 23.4 Å². The Kier molecular flexibility index (Phi) is 4.78. The van der Waals surface area contributed by atoms with Crippen molar-refractivity contribution in [2.45, 2.75) is 10.6 Å². The van der Waals surface area contributed by atoms with E-state index >= 15 is 0 Å². The minimum absolute atomic E-state index is 0.616. The minimum atomic E-state index is 0.616. The Bertz CT molecular complexity index is 667. The van der Waals surface area contributed by atoms with Crippen molar-refractivity contribution >= 4 is 29.1 Å². The van der Waals surface area contributed by atoms with Gasteiger partial charge in [0.05, 0.1) is 18.7 Å². The van der Waals surface area contributed by atoms with Crippen LogP contribution in [0.1, 0.15) is 11.1 Å². The summed E-state index contributed by atoms with van der Waals surface area (Å²) in [6.45, 7) is 0. The summed E-state index contributed by atoms with van der Waals surface area (Å²) in [5.41, 5.74) is 8.15. The van der Waals surface area contributed by atoms with Gasteiger partial charge in [-0.05, 0) is 36.4 Å². The lowest BCUT2D eigenvalue weighted by Crippen LogP contribution is -1.93. The van der Waals surface area contributed by atoms with Gasteiger partial charge in [0.1, 0.15) is 5.75 Å². The van der Waals surface area contributed by atoms with Crippen molar-refractivity contribution in [2.24, 2.45) is 0 Å². The van der Waals surface area contributed by atoms with Crippen LogP contribution in [0.3, 0.4) is 0 Å². The molecule has 0 atom stereocenters. The Morgan fingerprint density at radius 2 is 2.10 bits per heavy atom. The number of thioether (sulfide) groups is 1. The van der Waals surface area contributed by atoms with E-state index in [1.54, 1.807) is 37.1 Å². The number of nitrogen functional groups attached to an aromatic ring is 1. The molecule has 0 unspecified atom stereocenters. The molecule has 20 heavy (non-hydrogen) atoms. The molecule has 0 aliphatic rings. The highest BCUT2D eigenvalue weighted by atomic mass is 35.5. The lowest BCUT2D eigenvalue weighted by molar-refractivity contribution is 0.411. The molecule has 0 amide bonds. The molecule has 0 aliphatic heterocycles. The highest BCUT2D eigenvalue weighted by Gasteiger charge is 2.07. The molecule has 102 valence electrons. The summed E-state index contributed by atoms with van der Waals surface area (Å²) in [4.78, 5) is 0.957. The SMILES string of the molecule is COc1ccc(C#N)cc1CSc1ccc(Cl)cc1N. The number of hydrogen-bond acceptors (Lipinski definition) is 4. The molecule has 0 saturated carbocycles. The van der Waals surface area contributed by atoms with Crippen LogP contribution in [0.2, 0.25) is 5.02 Å². The molecule has 2 aromatic carbocycles.